The monoisotopic (exact) mass is 428 g/mol. The number of rotatable bonds is 4. The van der Waals surface area contributed by atoms with Gasteiger partial charge < -0.3 is 9.32 Å². The summed E-state index contributed by atoms with van der Waals surface area (Å²) in [6.07, 6.45) is 1.80. The maximum absolute atomic E-state index is 13.2. The van der Waals surface area contributed by atoms with E-state index in [1.54, 1.807) is 19.1 Å². The fraction of sp³-hybridized carbons (Fsp3) is 0.259. The molecule has 0 amide bonds. The van der Waals surface area contributed by atoms with Crippen LogP contribution < -0.4 is 4.90 Å². The largest absolute Gasteiger partial charge is 0.436 e. The second-order valence-electron chi connectivity index (χ2n) is 8.58. The van der Waals surface area contributed by atoms with Gasteiger partial charge in [-0.25, -0.2) is 9.37 Å². The lowest BCUT2D eigenvalue weighted by atomic mass is 9.93. The Bertz CT molecular complexity index is 1290. The molecule has 1 fully saturated rings. The topological polar surface area (TPSA) is 46.3 Å². The highest BCUT2D eigenvalue weighted by Crippen LogP contribution is 2.32. The van der Waals surface area contributed by atoms with Gasteiger partial charge in [0.05, 0.1) is 0 Å². The van der Waals surface area contributed by atoms with Crippen LogP contribution in [-0.2, 0) is 4.79 Å². The van der Waals surface area contributed by atoms with Gasteiger partial charge in [0.2, 0.25) is 5.89 Å². The van der Waals surface area contributed by atoms with E-state index >= 15 is 0 Å². The molecule has 2 heterocycles. The van der Waals surface area contributed by atoms with E-state index in [9.17, 15) is 9.18 Å². The lowest BCUT2D eigenvalue weighted by molar-refractivity contribution is -0.121. The van der Waals surface area contributed by atoms with Crippen molar-refractivity contribution in [1.29, 1.82) is 0 Å². The maximum atomic E-state index is 13.2. The number of aromatic nitrogens is 1. The van der Waals surface area contributed by atoms with Crippen molar-refractivity contribution in [2.45, 2.75) is 26.7 Å². The second-order valence-corrected chi connectivity index (χ2v) is 8.58. The van der Waals surface area contributed by atoms with Crippen LogP contribution in [-0.4, -0.2) is 23.9 Å². The zero-order valence-electron chi connectivity index (χ0n) is 18.3. The summed E-state index contributed by atoms with van der Waals surface area (Å²) in [6.45, 7) is 5.49. The van der Waals surface area contributed by atoms with Gasteiger partial charge in [0.1, 0.15) is 17.1 Å². The van der Waals surface area contributed by atoms with Crippen molar-refractivity contribution in [3.8, 4) is 22.6 Å². The van der Waals surface area contributed by atoms with E-state index in [1.807, 2.05) is 25.1 Å². The van der Waals surface area contributed by atoms with Crippen LogP contribution in [0.25, 0.3) is 33.7 Å². The van der Waals surface area contributed by atoms with Crippen LogP contribution in [0.4, 0.5) is 10.1 Å². The van der Waals surface area contributed by atoms with E-state index in [4.69, 9.17) is 9.40 Å². The molecule has 5 heteroatoms. The number of fused-ring (bicyclic) bond motifs is 1. The molecule has 5 rings (SSSR count). The summed E-state index contributed by atoms with van der Waals surface area (Å²) in [5, 5.41) is 0. The predicted octanol–water partition coefficient (Wildman–Crippen LogP) is 6.41. The van der Waals surface area contributed by atoms with Crippen LogP contribution in [0.3, 0.4) is 0 Å². The van der Waals surface area contributed by atoms with E-state index in [0.29, 0.717) is 11.7 Å². The van der Waals surface area contributed by atoms with Gasteiger partial charge in [0.15, 0.2) is 5.58 Å². The van der Waals surface area contributed by atoms with Crippen molar-refractivity contribution in [2.75, 3.05) is 18.0 Å². The van der Waals surface area contributed by atoms with Crippen LogP contribution in [0.2, 0.25) is 0 Å². The van der Waals surface area contributed by atoms with E-state index in [1.165, 1.54) is 12.1 Å². The Hall–Kier alpha value is -3.47. The van der Waals surface area contributed by atoms with Gasteiger partial charge in [-0.15, -0.1) is 0 Å². The number of halogens is 1. The molecule has 4 aromatic rings. The molecule has 1 aliphatic heterocycles. The fourth-order valence-corrected chi connectivity index (χ4v) is 4.53. The van der Waals surface area contributed by atoms with Crippen molar-refractivity contribution < 1.29 is 13.6 Å². The number of Topliss-reactive ketones (excluding diaryl/α,β-unsaturated/α-hetero) is 1. The predicted molar refractivity (Wildman–Crippen MR) is 125 cm³/mol. The fourth-order valence-electron chi connectivity index (χ4n) is 4.53. The van der Waals surface area contributed by atoms with Crippen molar-refractivity contribution in [2.24, 2.45) is 5.92 Å². The Kier molecular flexibility index (Phi) is 5.25. The lowest BCUT2D eigenvalue weighted by Crippen LogP contribution is -2.35. The number of hydrogen-bond acceptors (Lipinski definition) is 4. The normalized spacial score (nSPS) is 14.8. The second kappa shape index (κ2) is 8.23. The highest BCUT2D eigenvalue weighted by Gasteiger charge is 2.23. The highest BCUT2D eigenvalue weighted by atomic mass is 19.1. The summed E-state index contributed by atoms with van der Waals surface area (Å²) in [5.74, 6) is 0.829. The van der Waals surface area contributed by atoms with Gasteiger partial charge in [-0.05, 0) is 85.8 Å². The van der Waals surface area contributed by atoms with E-state index in [-0.39, 0.29) is 11.7 Å². The zero-order chi connectivity index (χ0) is 22.2. The van der Waals surface area contributed by atoms with Crippen molar-refractivity contribution >= 4 is 22.6 Å². The Morgan fingerprint density at radius 1 is 1.00 bits per heavy atom. The SMILES string of the molecule is CC(=O)C1CCN(c2ccc3oc(-c4ccc(-c5ccc(F)cc5)c(C)c4)nc3c2)CC1. The van der Waals surface area contributed by atoms with Crippen LogP contribution in [0, 0.1) is 18.7 Å². The first kappa shape index (κ1) is 20.4. The molecule has 4 nitrogen and oxygen atoms in total. The Morgan fingerprint density at radius 3 is 2.41 bits per heavy atom. The molecule has 0 saturated carbocycles. The summed E-state index contributed by atoms with van der Waals surface area (Å²) in [5.41, 5.74) is 6.71. The maximum Gasteiger partial charge on any atom is 0.227 e. The average molecular weight is 429 g/mol. The molecule has 0 atom stereocenters. The minimum Gasteiger partial charge on any atom is -0.436 e. The van der Waals surface area contributed by atoms with Crippen LogP contribution in [0.15, 0.2) is 65.1 Å². The molecule has 0 unspecified atom stereocenters. The first-order valence-electron chi connectivity index (χ1n) is 11.0. The molecule has 1 saturated heterocycles. The molecule has 3 aromatic carbocycles. The van der Waals surface area contributed by atoms with Gasteiger partial charge >= 0.3 is 0 Å². The van der Waals surface area contributed by atoms with Crippen molar-refractivity contribution in [1.82, 2.24) is 4.98 Å². The molecular weight excluding hydrogens is 403 g/mol. The summed E-state index contributed by atoms with van der Waals surface area (Å²) < 4.78 is 19.3. The van der Waals surface area contributed by atoms with Crippen molar-refractivity contribution in [3.05, 3.63) is 72.0 Å². The molecule has 0 N–H and O–H groups in total. The van der Waals surface area contributed by atoms with Crippen LogP contribution in [0.5, 0.6) is 0 Å². The molecule has 0 aliphatic carbocycles. The summed E-state index contributed by atoms with van der Waals surface area (Å²) in [6, 6.07) is 18.7. The van der Waals surface area contributed by atoms with Gasteiger partial charge in [-0.1, -0.05) is 18.2 Å². The number of piperidine rings is 1. The number of aryl methyl sites for hydroxylation is 1. The van der Waals surface area contributed by atoms with E-state index in [2.05, 4.69) is 23.1 Å². The first-order chi connectivity index (χ1) is 15.5. The number of hydrogen-bond donors (Lipinski definition) is 0. The lowest BCUT2D eigenvalue weighted by Gasteiger charge is -2.32. The van der Waals surface area contributed by atoms with Gasteiger partial charge in [-0.2, -0.15) is 0 Å². The zero-order valence-corrected chi connectivity index (χ0v) is 18.3. The number of oxazole rings is 1. The first-order valence-corrected chi connectivity index (χ1v) is 11.0. The Balaban J connectivity index is 1.40. The molecule has 1 aliphatic rings. The summed E-state index contributed by atoms with van der Waals surface area (Å²) >= 11 is 0. The third-order valence-electron chi connectivity index (χ3n) is 6.43. The quantitative estimate of drug-likeness (QED) is 0.377. The Labute approximate surface area is 186 Å². The van der Waals surface area contributed by atoms with Gasteiger partial charge in [0, 0.05) is 30.3 Å². The standard InChI is InChI=1S/C27H25FN2O2/c1-17-15-21(5-9-24(17)20-3-6-22(28)7-4-20)27-29-25-16-23(8-10-26(25)32-27)30-13-11-19(12-14-30)18(2)31/h3-10,15-16,19H,11-14H2,1-2H3. The molecule has 0 bridgehead atoms. The van der Waals surface area contributed by atoms with Crippen molar-refractivity contribution in [3.63, 3.8) is 0 Å². The highest BCUT2D eigenvalue weighted by molar-refractivity contribution is 5.81. The molecule has 0 radical (unpaired) electrons. The van der Waals surface area contributed by atoms with Gasteiger partial charge in [0.25, 0.3) is 0 Å². The van der Waals surface area contributed by atoms with Crippen LogP contribution >= 0.6 is 0 Å². The van der Waals surface area contributed by atoms with Gasteiger partial charge in [-0.3, -0.25) is 4.79 Å². The third-order valence-corrected chi connectivity index (χ3v) is 6.43. The minimum atomic E-state index is -0.239. The number of carbonyl (C=O) groups is 1. The number of ketones is 1. The smallest absolute Gasteiger partial charge is 0.227 e. The minimum absolute atomic E-state index is 0.190. The average Bonchev–Trinajstić information content (AvgIpc) is 3.23. The van der Waals surface area contributed by atoms with E-state index < -0.39 is 0 Å². The Morgan fingerprint density at radius 2 is 1.72 bits per heavy atom. The number of anilines is 1. The molecular formula is C27H25FN2O2. The summed E-state index contributed by atoms with van der Waals surface area (Å²) in [7, 11) is 0. The number of benzene rings is 3. The number of nitrogens with zero attached hydrogens (tertiary/aromatic N) is 2. The molecule has 32 heavy (non-hydrogen) atoms. The van der Waals surface area contributed by atoms with E-state index in [0.717, 1.165) is 65.0 Å². The third kappa shape index (κ3) is 3.91. The molecule has 1 aromatic heterocycles. The molecule has 162 valence electrons. The molecule has 0 spiro atoms. The summed E-state index contributed by atoms with van der Waals surface area (Å²) in [4.78, 5) is 18.7. The van der Waals surface area contributed by atoms with Crippen LogP contribution in [0.1, 0.15) is 25.3 Å². The number of carbonyl (C=O) groups excluding carboxylic acids is 1.